The van der Waals surface area contributed by atoms with E-state index in [1.807, 2.05) is 30.3 Å². The van der Waals surface area contributed by atoms with Crippen molar-refractivity contribution in [3.63, 3.8) is 0 Å². The van der Waals surface area contributed by atoms with E-state index >= 15 is 0 Å². The molecule has 0 fully saturated rings. The molecule has 5 heteroatoms. The van der Waals surface area contributed by atoms with Gasteiger partial charge in [0.15, 0.2) is 0 Å². The molecule has 0 aliphatic rings. The number of hydrogen-bond donors (Lipinski definition) is 1. The molecule has 3 rings (SSSR count). The molecular weight excluding hydrogens is 238 g/mol. The smallest absolute Gasteiger partial charge is 0.139 e. The molecule has 0 saturated heterocycles. The minimum Gasteiger partial charge on any atom is -0.266 e. The minimum absolute atomic E-state index is 0.650. The highest BCUT2D eigenvalue weighted by molar-refractivity contribution is 7.71. The van der Waals surface area contributed by atoms with Crippen LogP contribution in [-0.4, -0.2) is 15.2 Å². The highest BCUT2D eigenvalue weighted by atomic mass is 32.1. The van der Waals surface area contributed by atoms with Crippen LogP contribution in [-0.2, 0) is 0 Å². The summed E-state index contributed by atoms with van der Waals surface area (Å²) in [5.74, 6) is 0. The summed E-state index contributed by atoms with van der Waals surface area (Å²) < 4.78 is 1.64. The van der Waals surface area contributed by atoms with Gasteiger partial charge >= 0.3 is 0 Å². The molecule has 3 aromatic rings. The number of H-pyrrole nitrogens is 1. The Morgan fingerprint density at radius 1 is 1.19 bits per heavy atom. The van der Waals surface area contributed by atoms with E-state index in [4.69, 9.17) is 12.2 Å². The third kappa shape index (κ3) is 1.54. The molecule has 0 aliphatic carbocycles. The highest BCUT2D eigenvalue weighted by Gasteiger charge is 2.06. The van der Waals surface area contributed by atoms with Crippen LogP contribution in [0.2, 0.25) is 0 Å². The van der Waals surface area contributed by atoms with Crippen molar-refractivity contribution in [2.75, 3.05) is 0 Å². The van der Waals surface area contributed by atoms with Gasteiger partial charge in [0.2, 0.25) is 0 Å². The maximum Gasteiger partial charge on any atom is 0.139 e. The number of fused-ring (bicyclic) bond motifs is 1. The average Bonchev–Trinajstić information content (AvgIpc) is 2.76. The molecule has 0 bridgehead atoms. The van der Waals surface area contributed by atoms with Gasteiger partial charge in [0.1, 0.15) is 15.2 Å². The summed E-state index contributed by atoms with van der Waals surface area (Å²) in [6, 6.07) is 10.1. The van der Waals surface area contributed by atoms with E-state index in [0.29, 0.717) is 4.64 Å². The SMILES string of the molecule is S=c1[nH]ncc2nc(-c3ccccc3)sc12. The van der Waals surface area contributed by atoms with Gasteiger partial charge in [-0.1, -0.05) is 42.5 Å². The Labute approximate surface area is 101 Å². The zero-order chi connectivity index (χ0) is 11.0. The first-order valence-corrected chi connectivity index (χ1v) is 5.97. The number of nitrogens with zero attached hydrogens (tertiary/aromatic N) is 2. The molecular formula is C11H7N3S2. The van der Waals surface area contributed by atoms with E-state index in [0.717, 1.165) is 20.8 Å². The quantitative estimate of drug-likeness (QED) is 0.668. The predicted molar refractivity (Wildman–Crippen MR) is 68.0 cm³/mol. The summed E-state index contributed by atoms with van der Waals surface area (Å²) in [5.41, 5.74) is 1.96. The van der Waals surface area contributed by atoms with Crippen LogP contribution in [0, 0.1) is 4.64 Å². The van der Waals surface area contributed by atoms with Crippen molar-refractivity contribution in [2.45, 2.75) is 0 Å². The number of benzene rings is 1. The van der Waals surface area contributed by atoms with Gasteiger partial charge in [0.05, 0.1) is 10.9 Å². The van der Waals surface area contributed by atoms with Gasteiger partial charge in [-0.3, -0.25) is 5.10 Å². The molecule has 78 valence electrons. The lowest BCUT2D eigenvalue weighted by Gasteiger charge is -1.92. The summed E-state index contributed by atoms with van der Waals surface area (Å²) in [6.07, 6.45) is 1.70. The molecule has 2 aromatic heterocycles. The van der Waals surface area contributed by atoms with Crippen molar-refractivity contribution in [2.24, 2.45) is 0 Å². The third-order valence-corrected chi connectivity index (χ3v) is 3.80. The molecule has 0 aliphatic heterocycles. The second-order valence-corrected chi connectivity index (χ2v) is 4.71. The van der Waals surface area contributed by atoms with Gasteiger partial charge in [-0.25, -0.2) is 4.98 Å². The van der Waals surface area contributed by atoms with Crippen molar-refractivity contribution >= 4 is 33.8 Å². The Morgan fingerprint density at radius 2 is 2.00 bits per heavy atom. The number of aromatic nitrogens is 3. The number of hydrogen-bond acceptors (Lipinski definition) is 4. The molecule has 1 N–H and O–H groups in total. The molecule has 0 radical (unpaired) electrons. The fourth-order valence-electron chi connectivity index (χ4n) is 1.49. The highest BCUT2D eigenvalue weighted by Crippen LogP contribution is 2.29. The maximum absolute atomic E-state index is 5.17. The number of aromatic amines is 1. The minimum atomic E-state index is 0.650. The van der Waals surface area contributed by atoms with Gasteiger partial charge in [-0.05, 0) is 0 Å². The molecule has 1 aromatic carbocycles. The number of rotatable bonds is 1. The van der Waals surface area contributed by atoms with E-state index in [1.165, 1.54) is 0 Å². The largest absolute Gasteiger partial charge is 0.266 e. The zero-order valence-corrected chi connectivity index (χ0v) is 9.81. The monoisotopic (exact) mass is 245 g/mol. The second-order valence-electron chi connectivity index (χ2n) is 3.30. The van der Waals surface area contributed by atoms with Gasteiger partial charge in [0.25, 0.3) is 0 Å². The van der Waals surface area contributed by atoms with E-state index < -0.39 is 0 Å². The predicted octanol–water partition coefficient (Wildman–Crippen LogP) is 3.42. The van der Waals surface area contributed by atoms with Gasteiger partial charge < -0.3 is 0 Å². The van der Waals surface area contributed by atoms with Crippen LogP contribution < -0.4 is 0 Å². The fourth-order valence-corrected chi connectivity index (χ4v) is 2.70. The Bertz CT molecular complexity index is 685. The van der Waals surface area contributed by atoms with E-state index in [-0.39, 0.29) is 0 Å². The normalized spacial score (nSPS) is 10.8. The second kappa shape index (κ2) is 3.77. The Morgan fingerprint density at radius 3 is 2.75 bits per heavy atom. The summed E-state index contributed by atoms with van der Waals surface area (Å²) in [4.78, 5) is 4.51. The van der Waals surface area contributed by atoms with Crippen LogP contribution in [0.25, 0.3) is 20.8 Å². The molecule has 16 heavy (non-hydrogen) atoms. The van der Waals surface area contributed by atoms with Crippen LogP contribution in [0.5, 0.6) is 0 Å². The molecule has 0 unspecified atom stereocenters. The molecule has 3 nitrogen and oxygen atoms in total. The fraction of sp³-hybridized carbons (Fsp3) is 0. The topological polar surface area (TPSA) is 41.6 Å². The maximum atomic E-state index is 5.17. The standard InChI is InChI=1S/C11H7N3S2/c15-10-9-8(6-12-14-10)13-11(16-9)7-4-2-1-3-5-7/h1-6H,(H,14,15). The lowest BCUT2D eigenvalue weighted by Crippen LogP contribution is -1.79. The van der Waals surface area contributed by atoms with Crippen LogP contribution in [0.3, 0.4) is 0 Å². The molecule has 0 atom stereocenters. The van der Waals surface area contributed by atoms with Crippen LogP contribution in [0.1, 0.15) is 0 Å². The first-order valence-electron chi connectivity index (χ1n) is 4.74. The van der Waals surface area contributed by atoms with Gasteiger partial charge in [-0.2, -0.15) is 5.10 Å². The number of nitrogens with one attached hydrogen (secondary N) is 1. The van der Waals surface area contributed by atoms with Crippen LogP contribution in [0.15, 0.2) is 36.5 Å². The van der Waals surface area contributed by atoms with Gasteiger partial charge in [-0.15, -0.1) is 11.3 Å². The first kappa shape index (κ1) is 9.62. The average molecular weight is 245 g/mol. The lowest BCUT2D eigenvalue weighted by molar-refractivity contribution is 1.04. The van der Waals surface area contributed by atoms with Crippen LogP contribution >= 0.6 is 23.6 Å². The number of thiazole rings is 1. The van der Waals surface area contributed by atoms with Crippen LogP contribution in [0.4, 0.5) is 0 Å². The van der Waals surface area contributed by atoms with E-state index in [2.05, 4.69) is 15.2 Å². The van der Waals surface area contributed by atoms with E-state index in [9.17, 15) is 0 Å². The molecule has 0 saturated carbocycles. The van der Waals surface area contributed by atoms with Crippen molar-refractivity contribution in [3.8, 4) is 10.6 Å². The van der Waals surface area contributed by atoms with E-state index in [1.54, 1.807) is 17.5 Å². The van der Waals surface area contributed by atoms with Crippen molar-refractivity contribution in [1.29, 1.82) is 0 Å². The summed E-state index contributed by atoms with van der Waals surface area (Å²) in [5, 5.41) is 7.68. The Balaban J connectivity index is 2.28. The Kier molecular flexibility index (Phi) is 2.27. The molecule has 0 amide bonds. The Hall–Kier alpha value is -1.59. The van der Waals surface area contributed by atoms with Crippen molar-refractivity contribution < 1.29 is 0 Å². The third-order valence-electron chi connectivity index (χ3n) is 2.23. The lowest BCUT2D eigenvalue weighted by atomic mass is 10.2. The van der Waals surface area contributed by atoms with Crippen molar-refractivity contribution in [1.82, 2.24) is 15.2 Å². The molecule has 0 spiro atoms. The summed E-state index contributed by atoms with van der Waals surface area (Å²) in [7, 11) is 0. The summed E-state index contributed by atoms with van der Waals surface area (Å²) in [6.45, 7) is 0. The molecule has 2 heterocycles. The van der Waals surface area contributed by atoms with Gasteiger partial charge in [0, 0.05) is 5.56 Å². The van der Waals surface area contributed by atoms with Crippen molar-refractivity contribution in [3.05, 3.63) is 41.2 Å². The summed E-state index contributed by atoms with van der Waals surface area (Å²) >= 11 is 6.76. The first-order chi connectivity index (χ1) is 7.84. The zero-order valence-electron chi connectivity index (χ0n) is 8.18.